The fourth-order valence-electron chi connectivity index (χ4n) is 2.36. The highest BCUT2D eigenvalue weighted by molar-refractivity contribution is 5.96. The van der Waals surface area contributed by atoms with Crippen LogP contribution >= 0.6 is 12.4 Å². The van der Waals surface area contributed by atoms with Gasteiger partial charge in [0.1, 0.15) is 6.04 Å². The molecule has 2 aromatic rings. The van der Waals surface area contributed by atoms with Crippen LogP contribution in [0.4, 0.5) is 11.4 Å². The molecule has 0 aliphatic rings. The molecular formula is C20H26ClN3O2. The van der Waals surface area contributed by atoms with Gasteiger partial charge in [-0.3, -0.25) is 9.59 Å². The molecule has 0 fully saturated rings. The Morgan fingerprint density at radius 1 is 0.923 bits per heavy atom. The Labute approximate surface area is 160 Å². The van der Waals surface area contributed by atoms with Gasteiger partial charge in [0, 0.05) is 17.8 Å². The lowest BCUT2D eigenvalue weighted by Gasteiger charge is -2.13. The van der Waals surface area contributed by atoms with Crippen LogP contribution in [-0.2, 0) is 9.59 Å². The van der Waals surface area contributed by atoms with Crippen molar-refractivity contribution in [2.75, 3.05) is 10.6 Å². The van der Waals surface area contributed by atoms with Gasteiger partial charge in [-0.05, 0) is 42.7 Å². The van der Waals surface area contributed by atoms with E-state index in [-0.39, 0.29) is 24.2 Å². The van der Waals surface area contributed by atoms with Gasteiger partial charge in [-0.1, -0.05) is 43.7 Å². The van der Waals surface area contributed by atoms with Gasteiger partial charge in [0.15, 0.2) is 0 Å². The summed E-state index contributed by atoms with van der Waals surface area (Å²) in [5.41, 5.74) is 9.23. The number of hydrogen-bond donors (Lipinski definition) is 3. The van der Waals surface area contributed by atoms with E-state index in [9.17, 15) is 9.59 Å². The summed E-state index contributed by atoms with van der Waals surface area (Å²) in [6.07, 6.45) is 0.476. The zero-order valence-electron chi connectivity index (χ0n) is 15.3. The number of amides is 2. The number of halogens is 1. The van der Waals surface area contributed by atoms with Crippen molar-refractivity contribution in [3.63, 3.8) is 0 Å². The Hall–Kier alpha value is -2.37. The summed E-state index contributed by atoms with van der Waals surface area (Å²) >= 11 is 0. The van der Waals surface area contributed by atoms with Crippen LogP contribution in [0, 0.1) is 12.8 Å². The van der Waals surface area contributed by atoms with E-state index in [4.69, 9.17) is 5.73 Å². The van der Waals surface area contributed by atoms with Crippen molar-refractivity contribution in [2.24, 2.45) is 11.7 Å². The molecule has 0 aliphatic heterocycles. The highest BCUT2D eigenvalue weighted by Gasteiger charge is 2.15. The van der Waals surface area contributed by atoms with Crippen molar-refractivity contribution in [3.05, 3.63) is 59.7 Å². The summed E-state index contributed by atoms with van der Waals surface area (Å²) in [5.74, 6) is 0.00967. The highest BCUT2D eigenvalue weighted by Crippen LogP contribution is 2.17. The van der Waals surface area contributed by atoms with Crippen molar-refractivity contribution in [3.8, 4) is 0 Å². The standard InChI is InChI=1S/C20H25N3O2.ClH/c1-13(2)12-18(24)22-16-8-10-17(11-9-16)23-20(25)19(21)15-6-4-14(3)5-7-15;/h4-11,13,19H,12,21H2,1-3H3,(H,22,24)(H,23,25);1H. The van der Waals surface area contributed by atoms with Crippen LogP contribution in [0.2, 0.25) is 0 Å². The number of hydrogen-bond acceptors (Lipinski definition) is 3. The number of nitrogens with one attached hydrogen (secondary N) is 2. The van der Waals surface area contributed by atoms with Gasteiger partial charge >= 0.3 is 0 Å². The Kier molecular flexibility index (Phi) is 8.29. The Morgan fingerprint density at radius 2 is 1.42 bits per heavy atom. The van der Waals surface area contributed by atoms with Gasteiger partial charge in [-0.25, -0.2) is 0 Å². The van der Waals surface area contributed by atoms with E-state index in [2.05, 4.69) is 10.6 Å². The molecule has 0 heterocycles. The fraction of sp³-hybridized carbons (Fsp3) is 0.300. The summed E-state index contributed by atoms with van der Waals surface area (Å²) in [7, 11) is 0. The summed E-state index contributed by atoms with van der Waals surface area (Å²) in [6, 6.07) is 13.8. The first-order valence-electron chi connectivity index (χ1n) is 8.38. The van der Waals surface area contributed by atoms with Gasteiger partial charge in [0.2, 0.25) is 11.8 Å². The Bertz CT molecular complexity index is 728. The first-order valence-corrected chi connectivity index (χ1v) is 8.38. The molecule has 0 saturated heterocycles. The minimum atomic E-state index is -0.731. The van der Waals surface area contributed by atoms with Crippen LogP contribution in [0.3, 0.4) is 0 Å². The lowest BCUT2D eigenvalue weighted by atomic mass is 10.1. The lowest BCUT2D eigenvalue weighted by molar-refractivity contribution is -0.118. The van der Waals surface area contributed by atoms with Crippen LogP contribution in [0.1, 0.15) is 37.4 Å². The maximum atomic E-state index is 12.3. The van der Waals surface area contributed by atoms with E-state index in [1.807, 2.05) is 45.0 Å². The molecule has 0 radical (unpaired) electrons. The molecule has 0 aliphatic carbocycles. The zero-order valence-corrected chi connectivity index (χ0v) is 16.1. The van der Waals surface area contributed by atoms with Crippen molar-refractivity contribution in [2.45, 2.75) is 33.2 Å². The first-order chi connectivity index (χ1) is 11.8. The van der Waals surface area contributed by atoms with E-state index >= 15 is 0 Å². The second kappa shape index (κ2) is 9.94. The summed E-state index contributed by atoms with van der Waals surface area (Å²) in [4.78, 5) is 24.0. The second-order valence-corrected chi connectivity index (χ2v) is 6.60. The molecule has 6 heteroatoms. The predicted octanol–water partition coefficient (Wildman–Crippen LogP) is 4.04. The number of anilines is 2. The molecular weight excluding hydrogens is 350 g/mol. The third-order valence-corrected chi connectivity index (χ3v) is 3.75. The van der Waals surface area contributed by atoms with Gasteiger partial charge in [0.25, 0.3) is 0 Å². The zero-order chi connectivity index (χ0) is 18.4. The average molecular weight is 376 g/mol. The monoisotopic (exact) mass is 375 g/mol. The smallest absolute Gasteiger partial charge is 0.245 e. The summed E-state index contributed by atoms with van der Waals surface area (Å²) < 4.78 is 0. The first kappa shape index (κ1) is 21.7. The molecule has 2 rings (SSSR count). The molecule has 0 saturated carbocycles. The molecule has 2 amide bonds. The van der Waals surface area contributed by atoms with Crippen molar-refractivity contribution in [1.29, 1.82) is 0 Å². The maximum Gasteiger partial charge on any atom is 0.245 e. The molecule has 5 nitrogen and oxygen atoms in total. The maximum absolute atomic E-state index is 12.3. The molecule has 1 atom stereocenters. The predicted molar refractivity (Wildman–Crippen MR) is 109 cm³/mol. The normalized spacial score (nSPS) is 11.4. The topological polar surface area (TPSA) is 84.2 Å². The fourth-order valence-corrected chi connectivity index (χ4v) is 2.36. The van der Waals surface area contributed by atoms with Crippen molar-refractivity contribution < 1.29 is 9.59 Å². The Balaban J connectivity index is 0.00000338. The van der Waals surface area contributed by atoms with Crippen LogP contribution < -0.4 is 16.4 Å². The number of nitrogens with two attached hydrogens (primary N) is 1. The van der Waals surface area contributed by atoms with Gasteiger partial charge in [0.05, 0.1) is 0 Å². The molecule has 140 valence electrons. The largest absolute Gasteiger partial charge is 0.326 e. The van der Waals surface area contributed by atoms with Gasteiger partial charge in [-0.2, -0.15) is 0 Å². The third-order valence-electron chi connectivity index (χ3n) is 3.75. The van der Waals surface area contributed by atoms with Crippen LogP contribution in [0.15, 0.2) is 48.5 Å². The molecule has 0 spiro atoms. The molecule has 2 aromatic carbocycles. The average Bonchev–Trinajstić information content (AvgIpc) is 2.56. The van der Waals surface area contributed by atoms with Gasteiger partial charge in [-0.15, -0.1) is 12.4 Å². The quantitative estimate of drug-likeness (QED) is 0.712. The van der Waals surface area contributed by atoms with E-state index < -0.39 is 6.04 Å². The Morgan fingerprint density at radius 3 is 1.92 bits per heavy atom. The van der Waals surface area contributed by atoms with Gasteiger partial charge < -0.3 is 16.4 Å². The number of rotatable bonds is 6. The molecule has 4 N–H and O–H groups in total. The van der Waals surface area contributed by atoms with E-state index in [1.165, 1.54) is 0 Å². The molecule has 0 bridgehead atoms. The molecule has 0 aromatic heterocycles. The minimum Gasteiger partial charge on any atom is -0.326 e. The third kappa shape index (κ3) is 6.50. The van der Waals surface area contributed by atoms with E-state index in [1.54, 1.807) is 24.3 Å². The van der Waals surface area contributed by atoms with E-state index in [0.717, 1.165) is 11.1 Å². The van der Waals surface area contributed by atoms with Crippen LogP contribution in [0.25, 0.3) is 0 Å². The summed E-state index contributed by atoms with van der Waals surface area (Å²) in [5, 5.41) is 5.62. The van der Waals surface area contributed by atoms with Crippen LogP contribution in [0.5, 0.6) is 0 Å². The van der Waals surface area contributed by atoms with E-state index in [0.29, 0.717) is 23.7 Å². The van der Waals surface area contributed by atoms with Crippen molar-refractivity contribution >= 4 is 35.6 Å². The highest BCUT2D eigenvalue weighted by atomic mass is 35.5. The minimum absolute atomic E-state index is 0. The van der Waals surface area contributed by atoms with Crippen molar-refractivity contribution in [1.82, 2.24) is 0 Å². The number of benzene rings is 2. The number of aryl methyl sites for hydroxylation is 1. The second-order valence-electron chi connectivity index (χ2n) is 6.60. The SMILES string of the molecule is Cc1ccc(C(N)C(=O)Nc2ccc(NC(=O)CC(C)C)cc2)cc1.Cl. The number of carbonyl (C=O) groups is 2. The van der Waals surface area contributed by atoms with Crippen LogP contribution in [-0.4, -0.2) is 11.8 Å². The number of carbonyl (C=O) groups excluding carboxylic acids is 2. The molecule has 1 unspecified atom stereocenters. The lowest BCUT2D eigenvalue weighted by Crippen LogP contribution is -2.27. The molecule has 26 heavy (non-hydrogen) atoms. The summed E-state index contributed by atoms with van der Waals surface area (Å²) in [6.45, 7) is 5.97.